The van der Waals surface area contributed by atoms with Crippen molar-refractivity contribution >= 4 is 34.7 Å². The molecule has 0 spiro atoms. The van der Waals surface area contributed by atoms with Gasteiger partial charge < -0.3 is 29.7 Å². The van der Waals surface area contributed by atoms with Gasteiger partial charge in [-0.25, -0.2) is 4.98 Å². The largest absolute Gasteiger partial charge is 0.489 e. The van der Waals surface area contributed by atoms with Gasteiger partial charge in [0.1, 0.15) is 11.4 Å². The molecule has 9 nitrogen and oxygen atoms in total. The van der Waals surface area contributed by atoms with Crippen molar-refractivity contribution in [3.63, 3.8) is 0 Å². The zero-order valence-corrected chi connectivity index (χ0v) is 22.2. The van der Waals surface area contributed by atoms with Gasteiger partial charge in [0, 0.05) is 56.9 Å². The van der Waals surface area contributed by atoms with Crippen molar-refractivity contribution < 1.29 is 9.53 Å². The molecule has 0 aliphatic carbocycles. The third-order valence-electron chi connectivity index (χ3n) is 7.68. The number of benzene rings is 1. The molecule has 194 valence electrons. The van der Waals surface area contributed by atoms with Crippen molar-refractivity contribution in [2.24, 2.45) is 0 Å². The smallest absolute Gasteiger partial charge is 0.229 e. The molecule has 5 rings (SSSR count). The van der Waals surface area contributed by atoms with E-state index in [9.17, 15) is 4.79 Å². The summed E-state index contributed by atoms with van der Waals surface area (Å²) in [5.41, 5.74) is 2.79. The van der Waals surface area contributed by atoms with E-state index in [-0.39, 0.29) is 18.1 Å². The summed E-state index contributed by atoms with van der Waals surface area (Å²) in [4.78, 5) is 30.9. The lowest BCUT2D eigenvalue weighted by atomic mass is 10.0. The van der Waals surface area contributed by atoms with Gasteiger partial charge >= 0.3 is 0 Å². The fraction of sp³-hybridized carbons (Fsp3) is 0.593. The van der Waals surface area contributed by atoms with Crippen molar-refractivity contribution in [1.82, 2.24) is 14.9 Å². The van der Waals surface area contributed by atoms with E-state index in [2.05, 4.69) is 57.3 Å². The number of carbonyl (C=O) groups excluding carboxylic acids is 1. The first-order chi connectivity index (χ1) is 17.3. The SMILES string of the molecule is CC(C)Oc1cc(N2CCC(N(C)C)CC2)ccc1Nc1ncc2c(n1)N1CCC[C@H]1CC(=O)N2C. The predicted octanol–water partition coefficient (Wildman–Crippen LogP) is 3.87. The first-order valence-corrected chi connectivity index (χ1v) is 13.2. The van der Waals surface area contributed by atoms with Crippen molar-refractivity contribution in [3.8, 4) is 5.75 Å². The number of ether oxygens (including phenoxy) is 1. The highest BCUT2D eigenvalue weighted by molar-refractivity contribution is 5.97. The number of nitrogens with one attached hydrogen (secondary N) is 1. The number of hydrogen-bond donors (Lipinski definition) is 1. The Morgan fingerprint density at radius 3 is 2.64 bits per heavy atom. The molecule has 1 atom stereocenters. The van der Waals surface area contributed by atoms with Gasteiger partial charge in [0.15, 0.2) is 5.82 Å². The molecule has 1 aromatic heterocycles. The van der Waals surface area contributed by atoms with E-state index in [1.54, 1.807) is 11.1 Å². The van der Waals surface area contributed by atoms with Gasteiger partial charge in [0.25, 0.3) is 0 Å². The summed E-state index contributed by atoms with van der Waals surface area (Å²) < 4.78 is 6.23. The molecule has 2 aromatic rings. The van der Waals surface area contributed by atoms with Crippen LogP contribution in [0.4, 0.5) is 28.8 Å². The summed E-state index contributed by atoms with van der Waals surface area (Å²) in [5, 5.41) is 3.40. The van der Waals surface area contributed by atoms with Crippen LogP contribution in [0.3, 0.4) is 0 Å². The van der Waals surface area contributed by atoms with E-state index < -0.39 is 0 Å². The van der Waals surface area contributed by atoms with Crippen LogP contribution < -0.4 is 24.8 Å². The summed E-state index contributed by atoms with van der Waals surface area (Å²) >= 11 is 0. The van der Waals surface area contributed by atoms with Gasteiger partial charge in [-0.15, -0.1) is 0 Å². The second-order valence-corrected chi connectivity index (χ2v) is 10.7. The molecular formula is C27H39N7O2. The van der Waals surface area contributed by atoms with E-state index >= 15 is 0 Å². The Balaban J connectivity index is 1.40. The average molecular weight is 494 g/mol. The van der Waals surface area contributed by atoms with Crippen LogP contribution in [0.5, 0.6) is 5.75 Å². The van der Waals surface area contributed by atoms with Gasteiger partial charge in [-0.3, -0.25) is 4.79 Å². The number of hydrogen-bond acceptors (Lipinski definition) is 8. The summed E-state index contributed by atoms with van der Waals surface area (Å²) in [6.45, 7) is 7.06. The molecule has 1 N–H and O–H groups in total. The van der Waals surface area contributed by atoms with Gasteiger partial charge in [-0.05, 0) is 65.8 Å². The van der Waals surface area contributed by atoms with E-state index in [4.69, 9.17) is 9.72 Å². The minimum Gasteiger partial charge on any atom is -0.489 e. The molecule has 36 heavy (non-hydrogen) atoms. The number of piperidine rings is 1. The van der Waals surface area contributed by atoms with Gasteiger partial charge in [0.05, 0.1) is 18.0 Å². The third kappa shape index (κ3) is 4.93. The van der Waals surface area contributed by atoms with Crippen LogP contribution in [0.1, 0.15) is 46.0 Å². The summed E-state index contributed by atoms with van der Waals surface area (Å²) in [6, 6.07) is 7.19. The summed E-state index contributed by atoms with van der Waals surface area (Å²) in [6.07, 6.45) is 6.73. The number of rotatable bonds is 6. The van der Waals surface area contributed by atoms with Gasteiger partial charge in [0.2, 0.25) is 11.9 Å². The Labute approximate surface area is 214 Å². The molecule has 0 unspecified atom stereocenters. The average Bonchev–Trinajstić information content (AvgIpc) is 3.29. The van der Waals surface area contributed by atoms with E-state index in [0.29, 0.717) is 18.4 Å². The number of anilines is 5. The Morgan fingerprint density at radius 2 is 1.92 bits per heavy atom. The molecule has 3 aliphatic heterocycles. The zero-order chi connectivity index (χ0) is 25.4. The third-order valence-corrected chi connectivity index (χ3v) is 7.68. The maximum atomic E-state index is 12.7. The number of amides is 1. The first kappa shape index (κ1) is 24.6. The molecule has 3 aliphatic rings. The lowest BCUT2D eigenvalue weighted by Gasteiger charge is -2.36. The molecular weight excluding hydrogens is 454 g/mol. The lowest BCUT2D eigenvalue weighted by molar-refractivity contribution is -0.118. The first-order valence-electron chi connectivity index (χ1n) is 13.2. The van der Waals surface area contributed by atoms with Crippen LogP contribution in [0.25, 0.3) is 0 Å². The Kier molecular flexibility index (Phi) is 6.92. The molecule has 1 amide bonds. The summed E-state index contributed by atoms with van der Waals surface area (Å²) in [5.74, 6) is 2.25. The molecule has 1 aromatic carbocycles. The van der Waals surface area contributed by atoms with Crippen molar-refractivity contribution in [1.29, 1.82) is 0 Å². The highest BCUT2D eigenvalue weighted by Crippen LogP contribution is 2.38. The van der Waals surface area contributed by atoms with Crippen molar-refractivity contribution in [2.45, 2.75) is 64.1 Å². The number of fused-ring (bicyclic) bond motifs is 3. The molecule has 0 saturated carbocycles. The minimum atomic E-state index is 0.0401. The van der Waals surface area contributed by atoms with Crippen LogP contribution in [0.15, 0.2) is 24.4 Å². The number of aromatic nitrogens is 2. The van der Waals surface area contributed by atoms with Crippen molar-refractivity contribution in [2.75, 3.05) is 60.8 Å². The second kappa shape index (κ2) is 10.1. The highest BCUT2D eigenvalue weighted by atomic mass is 16.5. The quantitative estimate of drug-likeness (QED) is 0.650. The van der Waals surface area contributed by atoms with Crippen LogP contribution in [0.2, 0.25) is 0 Å². The molecule has 2 fully saturated rings. The standard InChI is InChI=1S/C27H39N7O2/c1-18(2)36-24-15-20(33-13-10-19(11-14-33)31(3)4)8-9-22(24)29-27-28-17-23-26(30-27)34-12-6-7-21(34)16-25(35)32(23)5/h8-9,15,17-19,21H,6-7,10-14,16H2,1-5H3,(H,28,29,30)/t21-/m0/s1. The van der Waals surface area contributed by atoms with Crippen LogP contribution in [-0.2, 0) is 4.79 Å². The molecule has 0 bridgehead atoms. The van der Waals surface area contributed by atoms with E-state index in [1.807, 2.05) is 20.9 Å². The normalized spacial score (nSPS) is 20.6. The van der Waals surface area contributed by atoms with E-state index in [0.717, 1.165) is 68.3 Å². The van der Waals surface area contributed by atoms with E-state index in [1.165, 1.54) is 5.69 Å². The maximum absolute atomic E-state index is 12.7. The van der Waals surface area contributed by atoms with Crippen LogP contribution in [-0.4, -0.2) is 79.7 Å². The van der Waals surface area contributed by atoms with Gasteiger partial charge in [-0.2, -0.15) is 4.98 Å². The predicted molar refractivity (Wildman–Crippen MR) is 145 cm³/mol. The number of carbonyl (C=O) groups is 1. The van der Waals surface area contributed by atoms with Crippen LogP contribution >= 0.6 is 0 Å². The number of nitrogens with zero attached hydrogens (tertiary/aromatic N) is 6. The maximum Gasteiger partial charge on any atom is 0.229 e. The minimum absolute atomic E-state index is 0.0401. The molecule has 4 heterocycles. The lowest BCUT2D eigenvalue weighted by Crippen LogP contribution is -2.42. The molecule has 2 saturated heterocycles. The summed E-state index contributed by atoms with van der Waals surface area (Å²) in [7, 11) is 6.15. The fourth-order valence-corrected chi connectivity index (χ4v) is 5.60. The van der Waals surface area contributed by atoms with Crippen LogP contribution in [0, 0.1) is 0 Å². The van der Waals surface area contributed by atoms with Crippen molar-refractivity contribution in [3.05, 3.63) is 24.4 Å². The Bertz CT molecular complexity index is 1100. The zero-order valence-electron chi connectivity index (χ0n) is 22.2. The highest BCUT2D eigenvalue weighted by Gasteiger charge is 2.35. The Hall–Kier alpha value is -3.07. The monoisotopic (exact) mass is 493 g/mol. The molecule has 0 radical (unpaired) electrons. The van der Waals surface area contributed by atoms with Gasteiger partial charge in [-0.1, -0.05) is 0 Å². The fourth-order valence-electron chi connectivity index (χ4n) is 5.60. The Morgan fingerprint density at radius 1 is 1.14 bits per heavy atom. The second-order valence-electron chi connectivity index (χ2n) is 10.7. The topological polar surface area (TPSA) is 77.1 Å². The molecule has 9 heteroatoms.